The number of aromatic nitrogens is 2. The minimum absolute atomic E-state index is 0. The summed E-state index contributed by atoms with van der Waals surface area (Å²) in [6, 6.07) is 8.08. The van der Waals surface area contributed by atoms with Crippen LogP contribution in [0.1, 0.15) is 78.3 Å². The molecule has 47 heavy (non-hydrogen) atoms. The van der Waals surface area contributed by atoms with E-state index in [-0.39, 0.29) is 42.6 Å². The molecule has 4 N–H and O–H groups in total. The molecule has 1 aromatic carbocycles. The third-order valence-corrected chi connectivity index (χ3v) is 8.71. The van der Waals surface area contributed by atoms with Gasteiger partial charge in [0.05, 0.1) is 6.07 Å². The predicted octanol–water partition coefficient (Wildman–Crippen LogP) is 7.12. The van der Waals surface area contributed by atoms with Crippen LogP contribution in [-0.2, 0) is 16.0 Å². The van der Waals surface area contributed by atoms with Crippen LogP contribution in [0.15, 0.2) is 60.1 Å². The second-order valence-electron chi connectivity index (χ2n) is 13.9. The number of hydrogen-bond acceptors (Lipinski definition) is 7. The molecular weight excluding hydrogens is 609 g/mol. The first-order valence-electron chi connectivity index (χ1n) is 15.4. The second kappa shape index (κ2) is 17.1. The number of carbonyl (C=O) groups is 2. The van der Waals surface area contributed by atoms with Gasteiger partial charge in [-0.2, -0.15) is 5.26 Å². The number of thiazole rings is 1. The Morgan fingerprint density at radius 2 is 1.91 bits per heavy atom. The van der Waals surface area contributed by atoms with E-state index in [0.717, 1.165) is 26.9 Å². The minimum Gasteiger partial charge on any atom is -0.375 e. The van der Waals surface area contributed by atoms with E-state index in [1.165, 1.54) is 11.3 Å². The van der Waals surface area contributed by atoms with Crippen LogP contribution in [0.3, 0.4) is 0 Å². The Balaban J connectivity index is 0.000000714. The number of pyridine rings is 1. The number of aromatic amines is 1. The Kier molecular flexibility index (Phi) is 14.8. The number of H-pyrrole nitrogens is 1. The first-order chi connectivity index (χ1) is 21.3. The van der Waals surface area contributed by atoms with Crippen molar-refractivity contribution in [1.82, 2.24) is 20.2 Å². The van der Waals surface area contributed by atoms with Crippen LogP contribution < -0.4 is 16.6 Å². The fraction of sp³-hybridized carbons (Fsp3) is 0.486. The lowest BCUT2D eigenvalue weighted by molar-refractivity contribution is -0.142. The molecule has 1 saturated heterocycles. The number of fused-ring (bicyclic) bond motifs is 1. The smallest absolute Gasteiger partial charge is 0.251 e. The number of nitriles is 1. The van der Waals surface area contributed by atoms with Gasteiger partial charge in [0.25, 0.3) is 5.56 Å². The molecule has 3 aromatic rings. The van der Waals surface area contributed by atoms with E-state index < -0.39 is 17.5 Å². The Labute approximate surface area is 285 Å². The molecule has 0 spiro atoms. The highest BCUT2D eigenvalue weighted by molar-refractivity contribution is 7.15. The number of aryl methyl sites for hydroxylation is 2. The van der Waals surface area contributed by atoms with Gasteiger partial charge in [0, 0.05) is 41.5 Å². The van der Waals surface area contributed by atoms with E-state index in [2.05, 4.69) is 34.5 Å². The average molecular weight is 663 g/mol. The van der Waals surface area contributed by atoms with E-state index in [1.54, 1.807) is 23.2 Å². The van der Waals surface area contributed by atoms with Gasteiger partial charge in [0.1, 0.15) is 12.1 Å². The van der Waals surface area contributed by atoms with Crippen LogP contribution in [0, 0.1) is 41.9 Å². The van der Waals surface area contributed by atoms with Crippen molar-refractivity contribution < 1.29 is 9.59 Å². The Morgan fingerprint density at radius 3 is 2.38 bits per heavy atom. The van der Waals surface area contributed by atoms with Crippen LogP contribution in [-0.4, -0.2) is 45.3 Å². The van der Waals surface area contributed by atoms with Crippen molar-refractivity contribution in [3.05, 3.63) is 81.6 Å². The monoisotopic (exact) mass is 662 g/mol. The zero-order valence-electron chi connectivity index (χ0n) is 28.8. The molecule has 4 rings (SSSR count). The van der Waals surface area contributed by atoms with Gasteiger partial charge in [0.15, 0.2) is 5.13 Å². The van der Waals surface area contributed by atoms with Gasteiger partial charge < -0.3 is 20.9 Å². The zero-order chi connectivity index (χ0) is 35.0. The summed E-state index contributed by atoms with van der Waals surface area (Å²) in [6.07, 6.45) is 3.91. The number of nitrogen functional groups attached to an aromatic ring is 1. The van der Waals surface area contributed by atoms with Crippen molar-refractivity contribution in [1.29, 1.82) is 5.26 Å². The summed E-state index contributed by atoms with van der Waals surface area (Å²) >= 11 is 1.51. The van der Waals surface area contributed by atoms with Crippen molar-refractivity contribution >= 4 is 39.2 Å². The van der Waals surface area contributed by atoms with Gasteiger partial charge in [-0.25, -0.2) is 4.98 Å². The van der Waals surface area contributed by atoms with Gasteiger partial charge in [0.2, 0.25) is 11.8 Å². The van der Waals surface area contributed by atoms with Gasteiger partial charge >= 0.3 is 0 Å². The molecule has 0 saturated carbocycles. The number of hydrogen-bond donors (Lipinski definition) is 3. The third kappa shape index (κ3) is 11.8. The van der Waals surface area contributed by atoms with Crippen molar-refractivity contribution in [2.45, 2.75) is 94.7 Å². The summed E-state index contributed by atoms with van der Waals surface area (Å²) < 4.78 is 0. The molecule has 3 heterocycles. The Bertz CT molecular complexity index is 1640. The average Bonchev–Trinajstić information content (AvgIpc) is 3.45. The summed E-state index contributed by atoms with van der Waals surface area (Å²) in [6.45, 7) is 25.4. The van der Waals surface area contributed by atoms with E-state index >= 15 is 0 Å². The fourth-order valence-electron chi connectivity index (χ4n) is 5.08. The minimum atomic E-state index is -0.887. The van der Waals surface area contributed by atoms with E-state index in [0.29, 0.717) is 23.7 Å². The lowest BCUT2D eigenvalue weighted by atomic mass is 9.77. The highest BCUT2D eigenvalue weighted by Crippen LogP contribution is 2.42. The summed E-state index contributed by atoms with van der Waals surface area (Å²) in [7, 11) is 0. The SMILES string of the molecule is C.C=CC(=C)C.Cc1ccc2[nH]c(=O)c(CC(C#N)NC(=O)[C@H]3N(C(=O)CC(C)(C)C)CC(C)C3(C)C)cc2c1.Cc1cnc(N)s1. The third-order valence-electron chi connectivity index (χ3n) is 7.97. The van der Waals surface area contributed by atoms with Gasteiger partial charge in [-0.3, -0.25) is 14.4 Å². The molecule has 1 aliphatic heterocycles. The Morgan fingerprint density at radius 1 is 1.30 bits per heavy atom. The molecule has 256 valence electrons. The normalized spacial score (nSPS) is 17.1. The maximum atomic E-state index is 13.4. The van der Waals surface area contributed by atoms with Crippen LogP contribution in [0.5, 0.6) is 0 Å². The first-order valence-corrected chi connectivity index (χ1v) is 16.2. The number of anilines is 1. The molecule has 2 aromatic heterocycles. The number of amides is 2. The molecule has 2 amide bonds. The number of likely N-dealkylation sites (tertiary alicyclic amines) is 1. The molecular formula is C37H54N6O3S. The van der Waals surface area contributed by atoms with Crippen LogP contribution in [0.2, 0.25) is 0 Å². The lowest BCUT2D eigenvalue weighted by Crippen LogP contribution is -2.54. The first kappa shape index (κ1) is 40.8. The number of carbonyl (C=O) groups excluding carboxylic acids is 2. The number of allylic oxidation sites excluding steroid dienone is 2. The van der Waals surface area contributed by atoms with E-state index in [1.807, 2.05) is 80.5 Å². The maximum absolute atomic E-state index is 13.4. The largest absolute Gasteiger partial charge is 0.375 e. The summed E-state index contributed by atoms with van der Waals surface area (Å²) in [5.41, 5.74) is 7.61. The van der Waals surface area contributed by atoms with Crippen molar-refractivity contribution in [2.24, 2.45) is 16.7 Å². The fourth-order valence-corrected chi connectivity index (χ4v) is 5.62. The Hall–Kier alpha value is -4.23. The van der Waals surface area contributed by atoms with Crippen LogP contribution >= 0.6 is 11.3 Å². The molecule has 9 nitrogen and oxygen atoms in total. The molecule has 0 bridgehead atoms. The predicted molar refractivity (Wildman–Crippen MR) is 196 cm³/mol. The molecule has 10 heteroatoms. The van der Waals surface area contributed by atoms with E-state index in [4.69, 9.17) is 5.73 Å². The van der Waals surface area contributed by atoms with Gasteiger partial charge in [-0.05, 0) is 61.1 Å². The maximum Gasteiger partial charge on any atom is 0.251 e. The quantitative estimate of drug-likeness (QED) is 0.240. The number of benzene rings is 1. The van der Waals surface area contributed by atoms with Gasteiger partial charge in [-0.1, -0.05) is 85.4 Å². The van der Waals surface area contributed by atoms with E-state index in [9.17, 15) is 19.6 Å². The van der Waals surface area contributed by atoms with Crippen molar-refractivity contribution in [2.75, 3.05) is 12.3 Å². The summed E-state index contributed by atoms with van der Waals surface area (Å²) in [5, 5.41) is 14.1. The highest BCUT2D eigenvalue weighted by atomic mass is 32.1. The van der Waals surface area contributed by atoms with Crippen LogP contribution in [0.4, 0.5) is 5.13 Å². The lowest BCUT2D eigenvalue weighted by Gasteiger charge is -2.34. The highest BCUT2D eigenvalue weighted by Gasteiger charge is 2.51. The van der Waals surface area contributed by atoms with Crippen molar-refractivity contribution in [3.63, 3.8) is 0 Å². The molecule has 1 aliphatic rings. The standard InChI is InChI=1S/C27H36N4O3.C5H8.C4H6N2S.CH4/c1-16-8-9-21-18(10-16)11-19(24(33)30-21)12-20(14-28)29-25(34)23-27(6,7)17(2)15-31(23)22(32)13-26(3,4)5;1-4-5(2)3;1-3-2-6-4(5)7-3;/h8-11,17,20,23H,12-13,15H2,1-7H3,(H,29,34)(H,30,33);4H,1-2H2,3H3;2H,1H3,(H2,5,6);1H4/t17?,20?,23-;;;/m1.../s1. The molecule has 1 fully saturated rings. The molecule has 2 unspecified atom stereocenters. The van der Waals surface area contributed by atoms with Gasteiger partial charge in [-0.15, -0.1) is 11.3 Å². The second-order valence-corrected chi connectivity index (χ2v) is 15.1. The van der Waals surface area contributed by atoms with Crippen molar-refractivity contribution in [3.8, 4) is 6.07 Å². The number of rotatable bonds is 6. The number of nitrogens with zero attached hydrogens (tertiary/aromatic N) is 3. The zero-order valence-corrected chi connectivity index (χ0v) is 29.6. The number of nitrogens with two attached hydrogens (primary N) is 1. The summed E-state index contributed by atoms with van der Waals surface area (Å²) in [5.74, 6) is -0.282. The van der Waals surface area contributed by atoms with Crippen LogP contribution in [0.25, 0.3) is 10.9 Å². The molecule has 0 radical (unpaired) electrons. The molecule has 3 atom stereocenters. The molecule has 0 aliphatic carbocycles. The summed E-state index contributed by atoms with van der Waals surface area (Å²) in [4.78, 5) is 48.6. The number of nitrogens with one attached hydrogen (secondary N) is 2. The topological polar surface area (TPSA) is 145 Å².